The second-order valence-corrected chi connectivity index (χ2v) is 7.52. The molecular formula is C20H28N2O3. The number of hydrogen-bond acceptors (Lipinski definition) is 3. The molecule has 1 aromatic carbocycles. The van der Waals surface area contributed by atoms with Crippen molar-refractivity contribution in [2.24, 2.45) is 5.41 Å². The minimum Gasteiger partial charge on any atom is -0.481 e. The van der Waals surface area contributed by atoms with Crippen molar-refractivity contribution in [1.82, 2.24) is 9.80 Å². The van der Waals surface area contributed by atoms with Gasteiger partial charge in [-0.2, -0.15) is 0 Å². The molecule has 25 heavy (non-hydrogen) atoms. The summed E-state index contributed by atoms with van der Waals surface area (Å²) >= 11 is 0. The summed E-state index contributed by atoms with van der Waals surface area (Å²) in [4.78, 5) is 27.9. The third kappa shape index (κ3) is 4.21. The molecule has 3 rings (SSSR count). The molecule has 1 spiro atoms. The smallest absolute Gasteiger partial charge is 0.303 e. The van der Waals surface area contributed by atoms with E-state index in [-0.39, 0.29) is 24.2 Å². The topological polar surface area (TPSA) is 60.9 Å². The van der Waals surface area contributed by atoms with Gasteiger partial charge < -0.3 is 14.9 Å². The van der Waals surface area contributed by atoms with Crippen molar-refractivity contribution in [3.05, 3.63) is 35.4 Å². The minimum atomic E-state index is -0.908. The Labute approximate surface area is 149 Å². The fourth-order valence-corrected chi connectivity index (χ4v) is 4.24. The number of aliphatic carboxylic acids is 1. The molecule has 1 aromatic rings. The van der Waals surface area contributed by atoms with E-state index in [1.807, 2.05) is 11.0 Å². The molecule has 2 aliphatic rings. The second kappa shape index (κ2) is 7.56. The predicted octanol–water partition coefficient (Wildman–Crippen LogP) is 2.54. The number of likely N-dealkylation sites (tertiary alicyclic amines) is 1. The zero-order chi connectivity index (χ0) is 17.9. The van der Waals surface area contributed by atoms with E-state index in [0.29, 0.717) is 6.54 Å². The van der Waals surface area contributed by atoms with E-state index in [4.69, 9.17) is 5.11 Å². The van der Waals surface area contributed by atoms with E-state index >= 15 is 0 Å². The third-order valence-electron chi connectivity index (χ3n) is 5.84. The van der Waals surface area contributed by atoms with Gasteiger partial charge in [0.15, 0.2) is 0 Å². The summed E-state index contributed by atoms with van der Waals surface area (Å²) in [6.07, 6.45) is 3.21. The van der Waals surface area contributed by atoms with E-state index in [0.717, 1.165) is 45.4 Å². The minimum absolute atomic E-state index is 0.0311. The molecule has 5 heteroatoms. The lowest BCUT2D eigenvalue weighted by molar-refractivity contribution is -0.141. The van der Waals surface area contributed by atoms with Crippen molar-refractivity contribution >= 4 is 11.9 Å². The molecule has 136 valence electrons. The van der Waals surface area contributed by atoms with Crippen molar-refractivity contribution in [2.45, 2.75) is 45.6 Å². The lowest BCUT2D eigenvalue weighted by atomic mass is 9.73. The predicted molar refractivity (Wildman–Crippen MR) is 96.2 cm³/mol. The first-order chi connectivity index (χ1) is 12.0. The lowest BCUT2D eigenvalue weighted by Gasteiger charge is -2.43. The first-order valence-electron chi connectivity index (χ1n) is 9.30. The van der Waals surface area contributed by atoms with Crippen LogP contribution in [0.15, 0.2) is 24.3 Å². The van der Waals surface area contributed by atoms with E-state index in [2.05, 4.69) is 30.0 Å². The van der Waals surface area contributed by atoms with Crippen molar-refractivity contribution < 1.29 is 14.7 Å². The SMILES string of the molecule is CCN1CCC2(CC1)Cc1ccccc1CN(C(=O)CCC(=O)O)C2. The van der Waals surface area contributed by atoms with Crippen LogP contribution < -0.4 is 0 Å². The molecule has 0 aromatic heterocycles. The molecule has 0 bridgehead atoms. The van der Waals surface area contributed by atoms with E-state index in [1.54, 1.807) is 0 Å². The maximum absolute atomic E-state index is 12.7. The molecule has 1 N–H and O–H groups in total. The maximum atomic E-state index is 12.7. The lowest BCUT2D eigenvalue weighted by Crippen LogP contribution is -2.47. The van der Waals surface area contributed by atoms with Crippen LogP contribution in [0.5, 0.6) is 0 Å². The average molecular weight is 344 g/mol. The van der Waals surface area contributed by atoms with Crippen LogP contribution in [0.2, 0.25) is 0 Å². The number of nitrogens with zero attached hydrogens (tertiary/aromatic N) is 2. The van der Waals surface area contributed by atoms with Gasteiger partial charge in [-0.1, -0.05) is 31.2 Å². The van der Waals surface area contributed by atoms with Crippen molar-refractivity contribution in [2.75, 3.05) is 26.2 Å². The first-order valence-corrected chi connectivity index (χ1v) is 9.30. The van der Waals surface area contributed by atoms with Gasteiger partial charge in [-0.15, -0.1) is 0 Å². The highest BCUT2D eigenvalue weighted by molar-refractivity contribution is 5.80. The van der Waals surface area contributed by atoms with Gasteiger partial charge in [0, 0.05) is 19.5 Å². The van der Waals surface area contributed by atoms with Gasteiger partial charge in [-0.05, 0) is 55.4 Å². The molecule has 0 aliphatic carbocycles. The van der Waals surface area contributed by atoms with E-state index in [9.17, 15) is 9.59 Å². The molecule has 0 unspecified atom stereocenters. The van der Waals surface area contributed by atoms with Gasteiger partial charge in [-0.25, -0.2) is 0 Å². The van der Waals surface area contributed by atoms with Crippen LogP contribution in [0.1, 0.15) is 43.7 Å². The zero-order valence-corrected chi connectivity index (χ0v) is 15.0. The Morgan fingerprint density at radius 1 is 1.12 bits per heavy atom. The van der Waals surface area contributed by atoms with Crippen LogP contribution in [-0.2, 0) is 22.6 Å². The Hall–Kier alpha value is -1.88. The van der Waals surface area contributed by atoms with Crippen LogP contribution in [0.3, 0.4) is 0 Å². The maximum Gasteiger partial charge on any atom is 0.303 e. The second-order valence-electron chi connectivity index (χ2n) is 7.52. The highest BCUT2D eigenvalue weighted by atomic mass is 16.4. The summed E-state index contributed by atoms with van der Waals surface area (Å²) in [6.45, 7) is 6.78. The molecule has 0 radical (unpaired) electrons. The quantitative estimate of drug-likeness (QED) is 0.912. The number of piperidine rings is 1. The Morgan fingerprint density at radius 3 is 2.44 bits per heavy atom. The summed E-state index contributed by atoms with van der Waals surface area (Å²) in [6, 6.07) is 8.40. The molecule has 2 heterocycles. The number of carbonyl (C=O) groups is 2. The Balaban J connectivity index is 1.82. The molecule has 1 saturated heterocycles. The molecule has 2 aliphatic heterocycles. The van der Waals surface area contributed by atoms with Gasteiger partial charge in [0.05, 0.1) is 6.42 Å². The van der Waals surface area contributed by atoms with Crippen molar-refractivity contribution in [3.63, 3.8) is 0 Å². The van der Waals surface area contributed by atoms with Gasteiger partial charge in [0.2, 0.25) is 5.91 Å². The fraction of sp³-hybridized carbons (Fsp3) is 0.600. The Kier molecular flexibility index (Phi) is 5.42. The zero-order valence-electron chi connectivity index (χ0n) is 15.0. The summed E-state index contributed by atoms with van der Waals surface area (Å²) in [5.41, 5.74) is 2.68. The molecule has 0 saturated carbocycles. The van der Waals surface area contributed by atoms with Crippen LogP contribution in [-0.4, -0.2) is 53.0 Å². The summed E-state index contributed by atoms with van der Waals surface area (Å²) < 4.78 is 0. The van der Waals surface area contributed by atoms with Gasteiger partial charge in [-0.3, -0.25) is 9.59 Å². The Morgan fingerprint density at radius 2 is 1.80 bits per heavy atom. The number of rotatable bonds is 4. The molecule has 0 atom stereocenters. The number of carbonyl (C=O) groups excluding carboxylic acids is 1. The van der Waals surface area contributed by atoms with Crippen LogP contribution in [0.25, 0.3) is 0 Å². The highest BCUT2D eigenvalue weighted by Gasteiger charge is 2.39. The summed E-state index contributed by atoms with van der Waals surface area (Å²) in [5, 5.41) is 8.90. The van der Waals surface area contributed by atoms with Crippen molar-refractivity contribution in [3.8, 4) is 0 Å². The molecular weight excluding hydrogens is 316 g/mol. The fourth-order valence-electron chi connectivity index (χ4n) is 4.24. The Bertz CT molecular complexity index is 636. The van der Waals surface area contributed by atoms with Gasteiger partial charge in [0.25, 0.3) is 0 Å². The molecule has 5 nitrogen and oxygen atoms in total. The third-order valence-corrected chi connectivity index (χ3v) is 5.84. The normalized spacial score (nSPS) is 20.1. The number of benzene rings is 1. The van der Waals surface area contributed by atoms with Crippen molar-refractivity contribution in [1.29, 1.82) is 0 Å². The summed E-state index contributed by atoms with van der Waals surface area (Å²) in [7, 11) is 0. The standard InChI is InChI=1S/C20H28N2O3/c1-2-21-11-9-20(10-12-21)13-16-5-3-4-6-17(16)14-22(15-20)18(23)7-8-19(24)25/h3-6H,2,7-15H2,1H3,(H,24,25). The van der Waals surface area contributed by atoms with Gasteiger partial charge >= 0.3 is 5.97 Å². The summed E-state index contributed by atoms with van der Waals surface area (Å²) in [5.74, 6) is -0.939. The van der Waals surface area contributed by atoms with E-state index < -0.39 is 5.97 Å². The largest absolute Gasteiger partial charge is 0.481 e. The number of carboxylic acid groups (broad SMARTS) is 1. The highest BCUT2D eigenvalue weighted by Crippen LogP contribution is 2.39. The number of amides is 1. The van der Waals surface area contributed by atoms with Crippen LogP contribution in [0, 0.1) is 5.41 Å². The number of fused-ring (bicyclic) bond motifs is 1. The molecule has 1 amide bonds. The average Bonchev–Trinajstić information content (AvgIpc) is 2.77. The molecule has 1 fully saturated rings. The van der Waals surface area contributed by atoms with Gasteiger partial charge in [0.1, 0.15) is 0 Å². The van der Waals surface area contributed by atoms with E-state index in [1.165, 1.54) is 11.1 Å². The van der Waals surface area contributed by atoms with Crippen LogP contribution >= 0.6 is 0 Å². The number of hydrogen-bond donors (Lipinski definition) is 1. The number of carboxylic acids is 1. The van der Waals surface area contributed by atoms with Crippen LogP contribution in [0.4, 0.5) is 0 Å². The monoisotopic (exact) mass is 344 g/mol. The first kappa shape index (κ1) is 17.9.